The van der Waals surface area contributed by atoms with Gasteiger partial charge in [-0.3, -0.25) is 14.9 Å². The first-order valence-electron chi connectivity index (χ1n) is 9.06. The highest BCUT2D eigenvalue weighted by Crippen LogP contribution is 2.41. The van der Waals surface area contributed by atoms with E-state index in [0.29, 0.717) is 31.9 Å². The number of anilines is 1. The summed E-state index contributed by atoms with van der Waals surface area (Å²) in [6, 6.07) is 18.2. The van der Waals surface area contributed by atoms with Crippen molar-refractivity contribution in [1.29, 1.82) is 0 Å². The zero-order chi connectivity index (χ0) is 22.1. The predicted octanol–water partition coefficient (Wildman–Crippen LogP) is 6.45. The number of hydrogen-bond acceptors (Lipinski definition) is 5. The molecule has 4 aromatic rings. The monoisotopic (exact) mass is 472 g/mol. The van der Waals surface area contributed by atoms with E-state index in [0.717, 1.165) is 11.3 Å². The number of rotatable bonds is 5. The molecule has 1 amide bonds. The molecule has 0 fully saturated rings. The lowest BCUT2D eigenvalue weighted by atomic mass is 10.00. The fraction of sp³-hybridized carbons (Fsp3) is 0.0455. The molecule has 2 N–H and O–H groups in total. The van der Waals surface area contributed by atoms with E-state index in [2.05, 4.69) is 5.32 Å². The van der Waals surface area contributed by atoms with Gasteiger partial charge < -0.3 is 10.4 Å². The lowest BCUT2D eigenvalue weighted by Crippen LogP contribution is -2.14. The first-order chi connectivity index (χ1) is 14.9. The van der Waals surface area contributed by atoms with Crippen molar-refractivity contribution < 1.29 is 14.8 Å². The van der Waals surface area contributed by atoms with Crippen molar-refractivity contribution in [2.75, 3.05) is 5.32 Å². The highest BCUT2D eigenvalue weighted by molar-refractivity contribution is 7.22. The van der Waals surface area contributed by atoms with Gasteiger partial charge in [-0.15, -0.1) is 11.3 Å². The number of halogens is 2. The Balaban J connectivity index is 1.72. The molecule has 0 aliphatic rings. The van der Waals surface area contributed by atoms with Gasteiger partial charge >= 0.3 is 0 Å². The van der Waals surface area contributed by atoms with Crippen LogP contribution in [0.1, 0.15) is 26.9 Å². The number of aliphatic hydroxyl groups excluding tert-OH is 1. The van der Waals surface area contributed by atoms with Crippen molar-refractivity contribution >= 4 is 61.9 Å². The molecular formula is C22H14Cl2N2O4S. The van der Waals surface area contributed by atoms with Crippen LogP contribution in [0.3, 0.4) is 0 Å². The summed E-state index contributed by atoms with van der Waals surface area (Å²) in [5.74, 6) is -0.538. The third-order valence-electron chi connectivity index (χ3n) is 4.71. The number of aliphatic hydroxyl groups is 1. The largest absolute Gasteiger partial charge is 0.384 e. The lowest BCUT2D eigenvalue weighted by Gasteiger charge is -2.17. The van der Waals surface area contributed by atoms with Gasteiger partial charge in [0, 0.05) is 27.7 Å². The summed E-state index contributed by atoms with van der Waals surface area (Å²) in [7, 11) is 0. The van der Waals surface area contributed by atoms with E-state index in [1.54, 1.807) is 48.5 Å². The van der Waals surface area contributed by atoms with Gasteiger partial charge in [-0.1, -0.05) is 65.7 Å². The third kappa shape index (κ3) is 4.13. The molecular weight excluding hydrogens is 459 g/mol. The minimum Gasteiger partial charge on any atom is -0.384 e. The van der Waals surface area contributed by atoms with Crippen molar-refractivity contribution in [3.8, 4) is 0 Å². The molecule has 0 radical (unpaired) electrons. The van der Waals surface area contributed by atoms with Crippen LogP contribution in [-0.2, 0) is 0 Å². The second-order valence-corrected chi connectivity index (χ2v) is 8.49. The van der Waals surface area contributed by atoms with E-state index >= 15 is 0 Å². The second-order valence-electron chi connectivity index (χ2n) is 6.66. The second kappa shape index (κ2) is 8.64. The standard InChI is InChI=1S/C22H14Cl2N2O4S/c23-13-9-10-16(15(11-13)19(27)12-5-2-1-3-6-12)25-22(28)21-18(24)14-7-4-8-17(26(29)30)20(14)31-21/h1-11,19,27H,(H,25,28). The molecule has 3 aromatic carbocycles. The van der Waals surface area contributed by atoms with Crippen LogP contribution in [0.15, 0.2) is 66.7 Å². The Kier molecular flexibility index (Phi) is 5.93. The van der Waals surface area contributed by atoms with E-state index in [1.165, 1.54) is 12.1 Å². The number of nitrogens with zero attached hydrogens (tertiary/aromatic N) is 1. The maximum absolute atomic E-state index is 13.0. The van der Waals surface area contributed by atoms with E-state index in [1.807, 2.05) is 6.07 Å². The zero-order valence-electron chi connectivity index (χ0n) is 15.7. The average molecular weight is 473 g/mol. The Labute approximate surface area is 190 Å². The maximum Gasteiger partial charge on any atom is 0.287 e. The number of thiophene rings is 1. The average Bonchev–Trinajstić information content (AvgIpc) is 3.11. The Bertz CT molecular complexity index is 1310. The first-order valence-corrected chi connectivity index (χ1v) is 10.6. The Hall–Kier alpha value is -2.97. The number of benzene rings is 3. The molecule has 0 bridgehead atoms. The number of nitro benzene ring substituents is 1. The molecule has 0 aliphatic carbocycles. The predicted molar refractivity (Wildman–Crippen MR) is 123 cm³/mol. The number of carbonyl (C=O) groups excluding carboxylic acids is 1. The Morgan fingerprint density at radius 2 is 1.81 bits per heavy atom. The molecule has 1 aromatic heterocycles. The van der Waals surface area contributed by atoms with Gasteiger partial charge in [0.05, 0.1) is 9.95 Å². The molecule has 0 saturated carbocycles. The molecule has 1 heterocycles. The van der Waals surface area contributed by atoms with Gasteiger partial charge in [-0.25, -0.2) is 0 Å². The number of carbonyl (C=O) groups is 1. The molecule has 0 spiro atoms. The van der Waals surface area contributed by atoms with Crippen LogP contribution < -0.4 is 5.32 Å². The van der Waals surface area contributed by atoms with E-state index in [4.69, 9.17) is 23.2 Å². The van der Waals surface area contributed by atoms with Gasteiger partial charge in [0.2, 0.25) is 0 Å². The van der Waals surface area contributed by atoms with Crippen molar-refractivity contribution in [3.05, 3.63) is 103 Å². The number of hydrogen-bond donors (Lipinski definition) is 2. The van der Waals surface area contributed by atoms with Crippen LogP contribution >= 0.6 is 34.5 Å². The van der Waals surface area contributed by atoms with Crippen LogP contribution in [0, 0.1) is 10.1 Å². The third-order valence-corrected chi connectivity index (χ3v) is 6.68. The van der Waals surface area contributed by atoms with Gasteiger partial charge in [-0.2, -0.15) is 0 Å². The topological polar surface area (TPSA) is 92.5 Å². The van der Waals surface area contributed by atoms with E-state index in [9.17, 15) is 20.0 Å². The van der Waals surface area contributed by atoms with Gasteiger partial charge in [0.25, 0.3) is 11.6 Å². The van der Waals surface area contributed by atoms with Crippen LogP contribution in [0.25, 0.3) is 10.1 Å². The summed E-state index contributed by atoms with van der Waals surface area (Å²) >= 11 is 13.4. The summed E-state index contributed by atoms with van der Waals surface area (Å²) in [5.41, 5.74) is 1.29. The Morgan fingerprint density at radius 1 is 1.06 bits per heavy atom. The first kappa shape index (κ1) is 21.3. The van der Waals surface area contributed by atoms with E-state index in [-0.39, 0.29) is 15.6 Å². The molecule has 0 saturated heterocycles. The summed E-state index contributed by atoms with van der Waals surface area (Å²) in [6.07, 6.45) is -1.02. The highest BCUT2D eigenvalue weighted by Gasteiger charge is 2.24. The molecule has 1 unspecified atom stereocenters. The lowest BCUT2D eigenvalue weighted by molar-refractivity contribution is -0.382. The number of nitrogens with one attached hydrogen (secondary N) is 1. The number of amides is 1. The van der Waals surface area contributed by atoms with Crippen LogP contribution in [0.5, 0.6) is 0 Å². The summed E-state index contributed by atoms with van der Waals surface area (Å²) in [5, 5.41) is 25.9. The van der Waals surface area contributed by atoms with Crippen LogP contribution in [-0.4, -0.2) is 15.9 Å². The number of non-ortho nitro benzene ring substituents is 1. The summed E-state index contributed by atoms with van der Waals surface area (Å²) < 4.78 is 0.322. The normalized spacial score (nSPS) is 12.0. The van der Waals surface area contributed by atoms with Crippen molar-refractivity contribution in [2.45, 2.75) is 6.10 Å². The van der Waals surface area contributed by atoms with Crippen LogP contribution in [0.2, 0.25) is 10.0 Å². The van der Waals surface area contributed by atoms with Crippen molar-refractivity contribution in [1.82, 2.24) is 0 Å². The molecule has 6 nitrogen and oxygen atoms in total. The maximum atomic E-state index is 13.0. The quantitative estimate of drug-likeness (QED) is 0.257. The van der Waals surface area contributed by atoms with Gasteiger partial charge in [0.1, 0.15) is 15.7 Å². The molecule has 156 valence electrons. The van der Waals surface area contributed by atoms with E-state index < -0.39 is 16.9 Å². The van der Waals surface area contributed by atoms with Gasteiger partial charge in [0.15, 0.2) is 0 Å². The minimum absolute atomic E-state index is 0.116. The van der Waals surface area contributed by atoms with Crippen molar-refractivity contribution in [2.24, 2.45) is 0 Å². The smallest absolute Gasteiger partial charge is 0.287 e. The van der Waals surface area contributed by atoms with Crippen LogP contribution in [0.4, 0.5) is 11.4 Å². The number of nitro groups is 1. The summed E-state index contributed by atoms with van der Waals surface area (Å²) in [6.45, 7) is 0. The Morgan fingerprint density at radius 3 is 2.52 bits per heavy atom. The molecule has 31 heavy (non-hydrogen) atoms. The SMILES string of the molecule is O=C(Nc1ccc(Cl)cc1C(O)c1ccccc1)c1sc2c([N+](=O)[O-])cccc2c1Cl. The zero-order valence-corrected chi connectivity index (χ0v) is 18.0. The summed E-state index contributed by atoms with van der Waals surface area (Å²) in [4.78, 5) is 24.0. The molecule has 9 heteroatoms. The van der Waals surface area contributed by atoms with Gasteiger partial charge in [-0.05, 0) is 23.8 Å². The molecule has 1 atom stereocenters. The molecule has 0 aliphatic heterocycles. The highest BCUT2D eigenvalue weighted by atomic mass is 35.5. The number of fused-ring (bicyclic) bond motifs is 1. The minimum atomic E-state index is -1.02. The fourth-order valence-corrected chi connectivity index (χ4v) is 4.90. The van der Waals surface area contributed by atoms with Crippen molar-refractivity contribution in [3.63, 3.8) is 0 Å². The fourth-order valence-electron chi connectivity index (χ4n) is 3.23. The molecule has 4 rings (SSSR count).